The van der Waals surface area contributed by atoms with E-state index in [2.05, 4.69) is 0 Å². The summed E-state index contributed by atoms with van der Waals surface area (Å²) in [4.78, 5) is 11.2. The average Bonchev–Trinajstić information content (AvgIpc) is 2.17. The van der Waals surface area contributed by atoms with Crippen LogP contribution >= 0.6 is 0 Å². The molecule has 0 aliphatic carbocycles. The van der Waals surface area contributed by atoms with E-state index in [1.165, 1.54) is 6.92 Å². The molecule has 0 aliphatic rings. The molecule has 0 fully saturated rings. The quantitative estimate of drug-likeness (QED) is 0.771. The van der Waals surface area contributed by atoms with Gasteiger partial charge in [-0.2, -0.15) is 0 Å². The van der Waals surface area contributed by atoms with Gasteiger partial charge in [0.2, 0.25) is 0 Å². The van der Waals surface area contributed by atoms with Gasteiger partial charge in [-0.3, -0.25) is 4.79 Å². The van der Waals surface area contributed by atoms with Crippen LogP contribution in [0.5, 0.6) is 5.75 Å². The standard InChI is InChI=1S/C12H16O3/c1-9(14)11(5-6-13)7-10-3-2-4-12(15)8-10/h2-4,8,11,13,15H,5-7H2,1H3. The van der Waals surface area contributed by atoms with Gasteiger partial charge in [0.25, 0.3) is 0 Å². The van der Waals surface area contributed by atoms with Crippen molar-refractivity contribution in [3.8, 4) is 5.75 Å². The van der Waals surface area contributed by atoms with Crippen LogP contribution < -0.4 is 0 Å². The highest BCUT2D eigenvalue weighted by Crippen LogP contribution is 2.17. The third-order valence-corrected chi connectivity index (χ3v) is 2.45. The number of hydrogen-bond donors (Lipinski definition) is 2. The Balaban J connectivity index is 2.69. The number of benzene rings is 1. The lowest BCUT2D eigenvalue weighted by Gasteiger charge is -2.12. The van der Waals surface area contributed by atoms with Crippen molar-refractivity contribution in [1.29, 1.82) is 0 Å². The van der Waals surface area contributed by atoms with Crippen molar-refractivity contribution < 1.29 is 15.0 Å². The Hall–Kier alpha value is -1.35. The number of phenols is 1. The maximum Gasteiger partial charge on any atom is 0.133 e. The molecule has 1 atom stereocenters. The molecule has 0 saturated heterocycles. The van der Waals surface area contributed by atoms with E-state index in [4.69, 9.17) is 5.11 Å². The Kier molecular flexibility index (Phi) is 4.31. The van der Waals surface area contributed by atoms with E-state index in [-0.39, 0.29) is 24.1 Å². The number of Topliss-reactive ketones (excluding diaryl/α,β-unsaturated/α-hetero) is 1. The molecule has 0 bridgehead atoms. The molecule has 1 aromatic rings. The lowest BCUT2D eigenvalue weighted by atomic mass is 9.93. The minimum Gasteiger partial charge on any atom is -0.508 e. The molecule has 0 aromatic heterocycles. The zero-order valence-electron chi connectivity index (χ0n) is 8.81. The van der Waals surface area contributed by atoms with Gasteiger partial charge in [-0.25, -0.2) is 0 Å². The number of rotatable bonds is 5. The first-order valence-electron chi connectivity index (χ1n) is 5.02. The van der Waals surface area contributed by atoms with Crippen molar-refractivity contribution >= 4 is 5.78 Å². The largest absolute Gasteiger partial charge is 0.508 e. The van der Waals surface area contributed by atoms with Gasteiger partial charge in [-0.15, -0.1) is 0 Å². The molecular formula is C12H16O3. The van der Waals surface area contributed by atoms with Crippen molar-refractivity contribution in [2.45, 2.75) is 19.8 Å². The van der Waals surface area contributed by atoms with Crippen LogP contribution in [0.3, 0.4) is 0 Å². The fourth-order valence-electron chi connectivity index (χ4n) is 1.57. The van der Waals surface area contributed by atoms with E-state index >= 15 is 0 Å². The molecule has 0 heterocycles. The maximum atomic E-state index is 11.2. The zero-order valence-corrected chi connectivity index (χ0v) is 8.81. The van der Waals surface area contributed by atoms with Crippen molar-refractivity contribution in [1.82, 2.24) is 0 Å². The van der Waals surface area contributed by atoms with Gasteiger partial charge >= 0.3 is 0 Å². The summed E-state index contributed by atoms with van der Waals surface area (Å²) >= 11 is 0. The molecule has 1 rings (SSSR count). The molecule has 0 saturated carbocycles. The Morgan fingerprint density at radius 3 is 2.73 bits per heavy atom. The number of phenolic OH excluding ortho intramolecular Hbond substituents is 1. The van der Waals surface area contributed by atoms with Gasteiger partial charge in [0.05, 0.1) is 0 Å². The molecule has 82 valence electrons. The van der Waals surface area contributed by atoms with Gasteiger partial charge in [0.1, 0.15) is 11.5 Å². The molecule has 0 aliphatic heterocycles. The summed E-state index contributed by atoms with van der Waals surface area (Å²) in [5, 5.41) is 18.1. The fraction of sp³-hybridized carbons (Fsp3) is 0.417. The van der Waals surface area contributed by atoms with Crippen molar-refractivity contribution in [3.63, 3.8) is 0 Å². The summed E-state index contributed by atoms with van der Waals surface area (Å²) in [6, 6.07) is 6.86. The number of aliphatic hydroxyl groups is 1. The minimum absolute atomic E-state index is 0.0169. The topological polar surface area (TPSA) is 57.5 Å². The molecular weight excluding hydrogens is 192 g/mol. The van der Waals surface area contributed by atoms with Crippen LogP contribution in [0.1, 0.15) is 18.9 Å². The van der Waals surface area contributed by atoms with Gasteiger partial charge in [-0.1, -0.05) is 12.1 Å². The van der Waals surface area contributed by atoms with E-state index in [9.17, 15) is 9.90 Å². The number of ketones is 1. The van der Waals surface area contributed by atoms with Crippen LogP contribution in [0, 0.1) is 5.92 Å². The predicted octanol–water partition coefficient (Wildman–Crippen LogP) is 1.52. The monoisotopic (exact) mass is 208 g/mol. The first-order chi connectivity index (χ1) is 7.13. The highest BCUT2D eigenvalue weighted by molar-refractivity contribution is 5.78. The minimum atomic E-state index is -0.156. The molecule has 0 amide bonds. The van der Waals surface area contributed by atoms with E-state index in [1.54, 1.807) is 18.2 Å². The molecule has 3 heteroatoms. The smallest absolute Gasteiger partial charge is 0.133 e. The second-order valence-electron chi connectivity index (χ2n) is 3.69. The molecule has 15 heavy (non-hydrogen) atoms. The molecule has 0 spiro atoms. The maximum absolute atomic E-state index is 11.2. The molecule has 0 radical (unpaired) electrons. The summed E-state index contributed by atoms with van der Waals surface area (Å²) in [5.41, 5.74) is 0.920. The Bertz CT molecular complexity index is 333. The van der Waals surface area contributed by atoms with E-state index < -0.39 is 0 Å². The highest BCUT2D eigenvalue weighted by atomic mass is 16.3. The van der Waals surface area contributed by atoms with Crippen molar-refractivity contribution in [3.05, 3.63) is 29.8 Å². The van der Waals surface area contributed by atoms with Gasteiger partial charge < -0.3 is 10.2 Å². The second-order valence-corrected chi connectivity index (χ2v) is 3.69. The first-order valence-corrected chi connectivity index (χ1v) is 5.02. The lowest BCUT2D eigenvalue weighted by Crippen LogP contribution is -2.15. The van der Waals surface area contributed by atoms with E-state index in [0.717, 1.165) is 5.56 Å². The molecule has 1 unspecified atom stereocenters. The number of carbonyl (C=O) groups is 1. The number of aliphatic hydroxyl groups excluding tert-OH is 1. The SMILES string of the molecule is CC(=O)C(CCO)Cc1cccc(O)c1. The number of aromatic hydroxyl groups is 1. The van der Waals surface area contributed by atoms with Crippen LogP contribution in [0.4, 0.5) is 0 Å². The average molecular weight is 208 g/mol. The lowest BCUT2D eigenvalue weighted by molar-refractivity contribution is -0.121. The Morgan fingerprint density at radius 2 is 2.20 bits per heavy atom. The van der Waals surface area contributed by atoms with Crippen LogP contribution in [-0.2, 0) is 11.2 Å². The second kappa shape index (κ2) is 5.51. The third kappa shape index (κ3) is 3.72. The molecule has 2 N–H and O–H groups in total. The van der Waals surface area contributed by atoms with E-state index in [0.29, 0.717) is 12.8 Å². The summed E-state index contributed by atoms with van der Waals surface area (Å²) in [6.45, 7) is 1.55. The number of hydrogen-bond acceptors (Lipinski definition) is 3. The molecule has 1 aromatic carbocycles. The highest BCUT2D eigenvalue weighted by Gasteiger charge is 2.14. The summed E-state index contributed by atoms with van der Waals surface area (Å²) in [7, 11) is 0. The summed E-state index contributed by atoms with van der Waals surface area (Å²) in [5.74, 6) is 0.128. The summed E-state index contributed by atoms with van der Waals surface area (Å²) in [6.07, 6.45) is 1.05. The van der Waals surface area contributed by atoms with Crippen LogP contribution in [-0.4, -0.2) is 22.6 Å². The molecule has 3 nitrogen and oxygen atoms in total. The number of carbonyl (C=O) groups excluding carboxylic acids is 1. The third-order valence-electron chi connectivity index (χ3n) is 2.45. The van der Waals surface area contributed by atoms with Gasteiger partial charge in [-0.05, 0) is 37.5 Å². The van der Waals surface area contributed by atoms with Gasteiger partial charge in [0, 0.05) is 12.5 Å². The van der Waals surface area contributed by atoms with Crippen LogP contribution in [0.15, 0.2) is 24.3 Å². The Labute approximate surface area is 89.4 Å². The van der Waals surface area contributed by atoms with Gasteiger partial charge in [0.15, 0.2) is 0 Å². The van der Waals surface area contributed by atoms with Crippen LogP contribution in [0.2, 0.25) is 0 Å². The normalized spacial score (nSPS) is 12.4. The van der Waals surface area contributed by atoms with Crippen molar-refractivity contribution in [2.24, 2.45) is 5.92 Å². The zero-order chi connectivity index (χ0) is 11.3. The first kappa shape index (κ1) is 11.7. The van der Waals surface area contributed by atoms with E-state index in [1.807, 2.05) is 6.07 Å². The van der Waals surface area contributed by atoms with Crippen LogP contribution in [0.25, 0.3) is 0 Å². The summed E-state index contributed by atoms with van der Waals surface area (Å²) < 4.78 is 0. The predicted molar refractivity (Wildman–Crippen MR) is 57.7 cm³/mol. The Morgan fingerprint density at radius 1 is 1.47 bits per heavy atom. The van der Waals surface area contributed by atoms with Crippen molar-refractivity contribution in [2.75, 3.05) is 6.61 Å². The fourth-order valence-corrected chi connectivity index (χ4v) is 1.57.